The molecule has 2 amide bonds. The largest absolute Gasteiger partial charge is 0.489 e. The molecule has 2 aliphatic heterocycles. The Morgan fingerprint density at radius 1 is 1.29 bits per heavy atom. The van der Waals surface area contributed by atoms with Crippen molar-refractivity contribution in [2.24, 2.45) is 0 Å². The lowest BCUT2D eigenvalue weighted by molar-refractivity contribution is -0.140. The van der Waals surface area contributed by atoms with Crippen LogP contribution in [-0.2, 0) is 21.5 Å². The molecule has 34 heavy (non-hydrogen) atoms. The fraction of sp³-hybridized carbons (Fsp3) is 0.615. The Hall–Kier alpha value is -2.58. The molecule has 1 saturated carbocycles. The van der Waals surface area contributed by atoms with Crippen molar-refractivity contribution >= 4 is 12.0 Å². The molecule has 5 atom stereocenters. The van der Waals surface area contributed by atoms with Gasteiger partial charge in [0, 0.05) is 45.1 Å². The van der Waals surface area contributed by atoms with Gasteiger partial charge in [-0.2, -0.15) is 0 Å². The number of hydrogen-bond donors (Lipinski definition) is 1. The molecule has 1 aromatic rings. The zero-order chi connectivity index (χ0) is 24.3. The van der Waals surface area contributed by atoms with Gasteiger partial charge in [-0.15, -0.1) is 0 Å². The maximum absolute atomic E-state index is 13.6. The van der Waals surface area contributed by atoms with Gasteiger partial charge in [0.25, 0.3) is 5.91 Å². The number of carboxylic acid groups (broad SMARTS) is 1. The molecular weight excluding hydrogens is 434 g/mol. The van der Waals surface area contributed by atoms with Gasteiger partial charge in [-0.3, -0.25) is 9.69 Å². The first kappa shape index (κ1) is 23.2. The summed E-state index contributed by atoms with van der Waals surface area (Å²) in [5, 5.41) is 10.4. The summed E-state index contributed by atoms with van der Waals surface area (Å²) in [6.45, 7) is 6.69. The molecule has 0 saturated heterocycles. The van der Waals surface area contributed by atoms with Crippen molar-refractivity contribution < 1.29 is 24.2 Å². The summed E-state index contributed by atoms with van der Waals surface area (Å²) in [6.07, 6.45) is 4.27. The second kappa shape index (κ2) is 8.27. The van der Waals surface area contributed by atoms with Gasteiger partial charge >= 0.3 is 6.09 Å². The van der Waals surface area contributed by atoms with Gasteiger partial charge in [0.2, 0.25) is 0 Å². The lowest BCUT2D eigenvalue weighted by Gasteiger charge is -2.43. The molecule has 2 heterocycles. The molecule has 1 aromatic carbocycles. The summed E-state index contributed by atoms with van der Waals surface area (Å²) in [7, 11) is 3.68. The lowest BCUT2D eigenvalue weighted by Crippen LogP contribution is -2.60. The van der Waals surface area contributed by atoms with Crippen LogP contribution in [-0.4, -0.2) is 89.4 Å². The minimum atomic E-state index is -1.19. The number of benzene rings is 1. The Morgan fingerprint density at radius 3 is 2.71 bits per heavy atom. The van der Waals surface area contributed by atoms with Gasteiger partial charge in [0.1, 0.15) is 11.9 Å². The minimum Gasteiger partial charge on any atom is -0.489 e. The average molecular weight is 470 g/mol. The predicted octanol–water partition coefficient (Wildman–Crippen LogP) is 2.86. The fourth-order valence-electron chi connectivity index (χ4n) is 6.57. The van der Waals surface area contributed by atoms with Crippen LogP contribution in [0.4, 0.5) is 4.79 Å². The predicted molar refractivity (Wildman–Crippen MR) is 127 cm³/mol. The Kier molecular flexibility index (Phi) is 5.64. The van der Waals surface area contributed by atoms with E-state index in [0.29, 0.717) is 25.9 Å². The van der Waals surface area contributed by atoms with E-state index in [1.165, 1.54) is 16.0 Å². The molecule has 8 heteroatoms. The molecule has 8 nitrogen and oxygen atoms in total. The molecule has 0 bridgehead atoms. The summed E-state index contributed by atoms with van der Waals surface area (Å²) < 4.78 is 12.1. The smallest absolute Gasteiger partial charge is 0.408 e. The van der Waals surface area contributed by atoms with Crippen molar-refractivity contribution in [3.05, 3.63) is 41.5 Å². The third-order valence-electron chi connectivity index (χ3n) is 8.38. The highest BCUT2D eigenvalue weighted by Crippen LogP contribution is 2.55. The second-order valence-corrected chi connectivity index (χ2v) is 10.1. The summed E-state index contributed by atoms with van der Waals surface area (Å²) in [4.78, 5) is 31.7. The van der Waals surface area contributed by atoms with Gasteiger partial charge in [-0.05, 0) is 45.5 Å². The number of methoxy groups -OCH3 is 1. The third kappa shape index (κ3) is 3.18. The normalized spacial score (nSPS) is 33.4. The van der Waals surface area contributed by atoms with Crippen LogP contribution in [0.25, 0.3) is 0 Å². The molecule has 1 spiro atoms. The van der Waals surface area contributed by atoms with Crippen LogP contribution in [0, 0.1) is 0 Å². The van der Waals surface area contributed by atoms with Crippen molar-refractivity contribution in [1.82, 2.24) is 14.7 Å². The number of nitrogens with zero attached hydrogens (tertiary/aromatic N) is 3. The number of amides is 2. The maximum Gasteiger partial charge on any atom is 0.408 e. The Bertz CT molecular complexity index is 1020. The molecule has 1 fully saturated rings. The van der Waals surface area contributed by atoms with Crippen LogP contribution < -0.4 is 4.74 Å². The van der Waals surface area contributed by atoms with E-state index >= 15 is 0 Å². The molecule has 0 aromatic heterocycles. The molecule has 4 aliphatic rings. The average Bonchev–Trinajstić information content (AvgIpc) is 3.48. The Balaban J connectivity index is 1.53. The topological polar surface area (TPSA) is 82.6 Å². The standard InChI is InChI=1S/C26H35N3O5/c1-5-28(6-2)23(30)26(15-21(26)33-4)29(24(31)32)18-10-11-25-12-13-27(3)16-17-8-7-9-19(22(17)25)34-20(25)14-18/h7-11,18,20-21H,5-6,12-16H2,1-4H3,(H,31,32)/t18-,20-,21?,25-,26?/m0/s1. The van der Waals surface area contributed by atoms with Gasteiger partial charge < -0.3 is 24.4 Å². The summed E-state index contributed by atoms with van der Waals surface area (Å²) in [5.74, 6) is 0.731. The van der Waals surface area contributed by atoms with Crippen LogP contribution in [0.2, 0.25) is 0 Å². The quantitative estimate of drug-likeness (QED) is 0.646. The highest BCUT2D eigenvalue weighted by molar-refractivity contribution is 5.94. The first-order valence-corrected chi connectivity index (χ1v) is 12.3. The van der Waals surface area contributed by atoms with Crippen LogP contribution in [0.1, 0.15) is 44.2 Å². The molecule has 2 unspecified atom stereocenters. The fourth-order valence-corrected chi connectivity index (χ4v) is 6.57. The van der Waals surface area contributed by atoms with Crippen LogP contribution in [0.15, 0.2) is 30.4 Å². The van der Waals surface area contributed by atoms with E-state index in [0.717, 1.165) is 25.3 Å². The van der Waals surface area contributed by atoms with E-state index in [-0.39, 0.29) is 17.4 Å². The SMILES string of the molecule is CCN(CC)C(=O)C1(N(C(=O)O)[C@H]2C=C[C@@]34CCN(C)Cc5cccc(c53)O[C@H]4C2)CC1OC. The number of likely N-dealkylation sites (N-methyl/N-ethyl adjacent to an activating group) is 1. The van der Waals surface area contributed by atoms with Crippen LogP contribution in [0.5, 0.6) is 5.75 Å². The van der Waals surface area contributed by atoms with Crippen molar-refractivity contribution in [2.45, 2.75) is 68.9 Å². The Labute approximate surface area is 201 Å². The van der Waals surface area contributed by atoms with E-state index in [2.05, 4.69) is 24.1 Å². The van der Waals surface area contributed by atoms with E-state index < -0.39 is 23.8 Å². The van der Waals surface area contributed by atoms with Gasteiger partial charge in [0.15, 0.2) is 5.54 Å². The van der Waals surface area contributed by atoms with Crippen molar-refractivity contribution in [2.75, 3.05) is 33.8 Å². The summed E-state index contributed by atoms with van der Waals surface area (Å²) in [6, 6.07) is 5.76. The summed E-state index contributed by atoms with van der Waals surface area (Å²) in [5.41, 5.74) is 1.06. The number of carbonyl (C=O) groups is 2. The number of ether oxygens (including phenoxy) is 2. The second-order valence-electron chi connectivity index (χ2n) is 10.1. The van der Waals surface area contributed by atoms with Crippen molar-refractivity contribution in [1.29, 1.82) is 0 Å². The van der Waals surface area contributed by atoms with Gasteiger partial charge in [0.05, 0.1) is 17.6 Å². The van der Waals surface area contributed by atoms with E-state index in [1.807, 2.05) is 32.1 Å². The number of hydrogen-bond acceptors (Lipinski definition) is 5. The first-order valence-electron chi connectivity index (χ1n) is 12.3. The van der Waals surface area contributed by atoms with Crippen molar-refractivity contribution in [3.63, 3.8) is 0 Å². The number of rotatable bonds is 6. The molecule has 5 rings (SSSR count). The highest BCUT2D eigenvalue weighted by atomic mass is 16.5. The van der Waals surface area contributed by atoms with E-state index in [9.17, 15) is 14.7 Å². The van der Waals surface area contributed by atoms with Crippen molar-refractivity contribution in [3.8, 4) is 5.75 Å². The lowest BCUT2D eigenvalue weighted by atomic mass is 9.68. The van der Waals surface area contributed by atoms with Crippen LogP contribution >= 0.6 is 0 Å². The molecule has 184 valence electrons. The monoisotopic (exact) mass is 469 g/mol. The third-order valence-corrected chi connectivity index (χ3v) is 8.38. The first-order chi connectivity index (χ1) is 16.3. The zero-order valence-corrected chi connectivity index (χ0v) is 20.5. The van der Waals surface area contributed by atoms with E-state index in [4.69, 9.17) is 9.47 Å². The molecule has 0 radical (unpaired) electrons. The Morgan fingerprint density at radius 2 is 2.06 bits per heavy atom. The molecule has 1 N–H and O–H groups in total. The van der Waals surface area contributed by atoms with Gasteiger partial charge in [-0.1, -0.05) is 24.3 Å². The highest BCUT2D eigenvalue weighted by Gasteiger charge is 2.69. The molecule has 2 aliphatic carbocycles. The van der Waals surface area contributed by atoms with Gasteiger partial charge in [-0.25, -0.2) is 4.79 Å². The maximum atomic E-state index is 13.6. The van der Waals surface area contributed by atoms with Crippen LogP contribution in [0.3, 0.4) is 0 Å². The van der Waals surface area contributed by atoms with E-state index in [1.54, 1.807) is 12.0 Å². The molecular formula is C26H35N3O5. The summed E-state index contributed by atoms with van der Waals surface area (Å²) >= 11 is 0. The minimum absolute atomic E-state index is 0.172. The zero-order valence-electron chi connectivity index (χ0n) is 20.5. The number of carbonyl (C=O) groups excluding carboxylic acids is 1.